The molecule has 2 aromatic rings. The van der Waals surface area contributed by atoms with Gasteiger partial charge < -0.3 is 15.1 Å². The number of carbonyl (C=O) groups is 2. The molecule has 0 atom stereocenters. The molecule has 0 saturated carbocycles. The Bertz CT molecular complexity index is 829. The van der Waals surface area contributed by atoms with Crippen molar-refractivity contribution in [3.05, 3.63) is 54.1 Å². The van der Waals surface area contributed by atoms with Gasteiger partial charge in [0, 0.05) is 31.4 Å². The topological polar surface area (TPSA) is 52.7 Å². The van der Waals surface area contributed by atoms with Gasteiger partial charge in [-0.25, -0.2) is 8.78 Å². The summed E-state index contributed by atoms with van der Waals surface area (Å²) in [5, 5.41) is 2.21. The second-order valence-electron chi connectivity index (χ2n) is 6.81. The van der Waals surface area contributed by atoms with Crippen LogP contribution in [0.1, 0.15) is 26.2 Å². The maximum absolute atomic E-state index is 13.7. The number of anilines is 3. The molecule has 5 nitrogen and oxygen atoms in total. The van der Waals surface area contributed by atoms with Crippen LogP contribution in [0, 0.1) is 11.6 Å². The van der Waals surface area contributed by atoms with Gasteiger partial charge in [0.25, 0.3) is 0 Å². The van der Waals surface area contributed by atoms with Crippen molar-refractivity contribution < 1.29 is 18.4 Å². The molecule has 1 fully saturated rings. The van der Waals surface area contributed by atoms with E-state index in [4.69, 9.17) is 0 Å². The van der Waals surface area contributed by atoms with E-state index in [9.17, 15) is 18.4 Å². The van der Waals surface area contributed by atoms with E-state index in [1.165, 1.54) is 24.3 Å². The molecule has 0 unspecified atom stereocenters. The molecule has 148 valence electrons. The highest BCUT2D eigenvalue weighted by Crippen LogP contribution is 2.24. The lowest BCUT2D eigenvalue weighted by atomic mass is 10.1. The van der Waals surface area contributed by atoms with Crippen molar-refractivity contribution in [3.8, 4) is 0 Å². The van der Waals surface area contributed by atoms with Crippen molar-refractivity contribution >= 4 is 28.9 Å². The van der Waals surface area contributed by atoms with Gasteiger partial charge in [0.1, 0.15) is 23.9 Å². The number of carbonyl (C=O) groups excluding carboxylic acids is 2. The summed E-state index contributed by atoms with van der Waals surface area (Å²) in [6.07, 6.45) is 3.56. The summed E-state index contributed by atoms with van der Waals surface area (Å²) in [7, 11) is 0. The third kappa shape index (κ3) is 4.65. The van der Waals surface area contributed by atoms with E-state index in [-0.39, 0.29) is 12.5 Å². The lowest BCUT2D eigenvalue weighted by Gasteiger charge is -2.29. The van der Waals surface area contributed by atoms with Crippen LogP contribution in [0.3, 0.4) is 0 Å². The Hall–Kier alpha value is -2.96. The zero-order valence-corrected chi connectivity index (χ0v) is 15.8. The molecule has 0 aromatic heterocycles. The fraction of sp³-hybridized carbons (Fsp3) is 0.333. The smallest absolute Gasteiger partial charge is 0.244 e. The first-order valence-electron chi connectivity index (χ1n) is 9.32. The zero-order chi connectivity index (χ0) is 20.1. The molecule has 0 bridgehead atoms. The number of hydrogen-bond donors (Lipinski definition) is 1. The Morgan fingerprint density at radius 3 is 2.18 bits per heavy atom. The van der Waals surface area contributed by atoms with Crippen molar-refractivity contribution in [3.63, 3.8) is 0 Å². The van der Waals surface area contributed by atoms with E-state index in [0.717, 1.165) is 43.8 Å². The largest absolute Gasteiger partial charge is 0.372 e. The molecule has 28 heavy (non-hydrogen) atoms. The number of para-hydroxylation sites is 1. The van der Waals surface area contributed by atoms with Gasteiger partial charge in [-0.05, 0) is 55.7 Å². The minimum Gasteiger partial charge on any atom is -0.372 e. The average molecular weight is 387 g/mol. The summed E-state index contributed by atoms with van der Waals surface area (Å²) >= 11 is 0. The van der Waals surface area contributed by atoms with E-state index in [1.54, 1.807) is 12.1 Å². The minimum absolute atomic E-state index is 0.338. The number of nitrogens with one attached hydrogen (secondary N) is 1. The first kappa shape index (κ1) is 19.8. The molecule has 1 aliphatic rings. The zero-order valence-electron chi connectivity index (χ0n) is 15.8. The van der Waals surface area contributed by atoms with Gasteiger partial charge in [0.2, 0.25) is 11.8 Å². The van der Waals surface area contributed by atoms with Crippen LogP contribution >= 0.6 is 0 Å². The molecule has 1 N–H and O–H groups in total. The van der Waals surface area contributed by atoms with E-state index >= 15 is 0 Å². The molecule has 1 aliphatic heterocycles. The normalized spacial score (nSPS) is 13.9. The Morgan fingerprint density at radius 1 is 1.00 bits per heavy atom. The number of piperidine rings is 1. The van der Waals surface area contributed by atoms with E-state index in [2.05, 4.69) is 10.2 Å². The Labute approximate surface area is 162 Å². The highest BCUT2D eigenvalue weighted by molar-refractivity contribution is 6.02. The van der Waals surface area contributed by atoms with Gasteiger partial charge in [-0.2, -0.15) is 0 Å². The van der Waals surface area contributed by atoms with Crippen LogP contribution in [-0.2, 0) is 9.59 Å². The molecule has 2 amide bonds. The quantitative estimate of drug-likeness (QED) is 0.845. The molecular formula is C21H23F2N3O2. The lowest BCUT2D eigenvalue weighted by Crippen LogP contribution is -2.37. The van der Waals surface area contributed by atoms with Crippen LogP contribution < -0.4 is 15.1 Å². The molecule has 2 aromatic carbocycles. The summed E-state index contributed by atoms with van der Waals surface area (Å²) in [6, 6.07) is 10.7. The van der Waals surface area contributed by atoms with Gasteiger partial charge in [0.05, 0.1) is 0 Å². The maximum atomic E-state index is 13.7. The van der Waals surface area contributed by atoms with E-state index in [0.29, 0.717) is 5.69 Å². The Kier molecular flexibility index (Phi) is 6.23. The Morgan fingerprint density at radius 2 is 1.61 bits per heavy atom. The van der Waals surface area contributed by atoms with Crippen LogP contribution in [0.25, 0.3) is 0 Å². The summed E-state index contributed by atoms with van der Waals surface area (Å²) in [6.45, 7) is 3.01. The fourth-order valence-electron chi connectivity index (χ4n) is 3.32. The highest BCUT2D eigenvalue weighted by atomic mass is 19.1. The molecular weight excluding hydrogens is 364 g/mol. The summed E-state index contributed by atoms with van der Waals surface area (Å²) < 4.78 is 27.4. The van der Waals surface area contributed by atoms with Crippen LogP contribution in [0.2, 0.25) is 0 Å². The standard InChI is InChI=1S/C21H23F2N3O2/c1-15(27)26(14-20(28)24-21-18(22)6-5-7-19(21)23)17-10-8-16(9-11-17)25-12-3-2-4-13-25/h5-11H,2-4,12-14H2,1H3,(H,24,28). The molecule has 0 radical (unpaired) electrons. The number of rotatable bonds is 5. The van der Waals surface area contributed by atoms with Crippen LogP contribution in [0.15, 0.2) is 42.5 Å². The third-order valence-corrected chi connectivity index (χ3v) is 4.79. The second-order valence-corrected chi connectivity index (χ2v) is 6.81. The fourth-order valence-corrected chi connectivity index (χ4v) is 3.32. The van der Waals surface area contributed by atoms with Gasteiger partial charge in [-0.1, -0.05) is 6.07 Å². The first-order valence-corrected chi connectivity index (χ1v) is 9.32. The highest BCUT2D eigenvalue weighted by Gasteiger charge is 2.19. The lowest BCUT2D eigenvalue weighted by molar-refractivity contribution is -0.120. The van der Waals surface area contributed by atoms with E-state index < -0.39 is 23.2 Å². The van der Waals surface area contributed by atoms with Gasteiger partial charge >= 0.3 is 0 Å². The number of halogens is 2. The van der Waals surface area contributed by atoms with Gasteiger partial charge in [-0.15, -0.1) is 0 Å². The monoisotopic (exact) mass is 387 g/mol. The summed E-state index contributed by atoms with van der Waals surface area (Å²) in [5.41, 5.74) is 1.11. The van der Waals surface area contributed by atoms with Crippen LogP contribution in [0.4, 0.5) is 25.8 Å². The van der Waals surface area contributed by atoms with Crippen LogP contribution in [0.5, 0.6) is 0 Å². The van der Waals surface area contributed by atoms with Crippen LogP contribution in [-0.4, -0.2) is 31.4 Å². The number of hydrogen-bond acceptors (Lipinski definition) is 3. The number of amides is 2. The number of nitrogens with zero attached hydrogens (tertiary/aromatic N) is 2. The molecule has 0 spiro atoms. The predicted molar refractivity (Wildman–Crippen MR) is 106 cm³/mol. The van der Waals surface area contributed by atoms with Crippen molar-refractivity contribution in [1.82, 2.24) is 0 Å². The molecule has 3 rings (SSSR count). The Balaban J connectivity index is 1.71. The molecule has 7 heteroatoms. The third-order valence-electron chi connectivity index (χ3n) is 4.79. The summed E-state index contributed by atoms with van der Waals surface area (Å²) in [4.78, 5) is 27.9. The molecule has 1 heterocycles. The van der Waals surface area contributed by atoms with Crippen molar-refractivity contribution in [2.45, 2.75) is 26.2 Å². The predicted octanol–water partition coefficient (Wildman–Crippen LogP) is 3.95. The summed E-state index contributed by atoms with van der Waals surface area (Å²) in [5.74, 6) is -2.75. The van der Waals surface area contributed by atoms with Crippen molar-refractivity contribution in [1.29, 1.82) is 0 Å². The molecule has 1 saturated heterocycles. The maximum Gasteiger partial charge on any atom is 0.244 e. The van der Waals surface area contributed by atoms with Crippen molar-refractivity contribution in [2.24, 2.45) is 0 Å². The number of benzene rings is 2. The van der Waals surface area contributed by atoms with Gasteiger partial charge in [-0.3, -0.25) is 9.59 Å². The first-order chi connectivity index (χ1) is 13.5. The molecule has 0 aliphatic carbocycles. The van der Waals surface area contributed by atoms with E-state index in [1.807, 2.05) is 12.1 Å². The van der Waals surface area contributed by atoms with Crippen molar-refractivity contribution in [2.75, 3.05) is 34.8 Å². The average Bonchev–Trinajstić information content (AvgIpc) is 2.70. The second kappa shape index (κ2) is 8.82. The van der Waals surface area contributed by atoms with Gasteiger partial charge in [0.15, 0.2) is 0 Å². The minimum atomic E-state index is -0.867. The SMILES string of the molecule is CC(=O)N(CC(=O)Nc1c(F)cccc1F)c1ccc(N2CCCCC2)cc1.